The summed E-state index contributed by atoms with van der Waals surface area (Å²) in [5.74, 6) is 0.419. The van der Waals surface area contributed by atoms with E-state index >= 15 is 0 Å². The fourth-order valence-corrected chi connectivity index (χ4v) is 3.59. The van der Waals surface area contributed by atoms with Gasteiger partial charge in [0.05, 0.1) is 13.2 Å². The van der Waals surface area contributed by atoms with Gasteiger partial charge in [0.25, 0.3) is 0 Å². The minimum Gasteiger partial charge on any atom is -0.406 e. The number of alkyl halides is 3. The second-order valence-electron chi connectivity index (χ2n) is 7.11. The lowest BCUT2D eigenvalue weighted by atomic mass is 9.92. The molecule has 0 unspecified atom stereocenters. The van der Waals surface area contributed by atoms with E-state index in [1.807, 2.05) is 4.90 Å². The van der Waals surface area contributed by atoms with Crippen molar-refractivity contribution in [2.24, 2.45) is 5.92 Å². The predicted molar refractivity (Wildman–Crippen MR) is 93.1 cm³/mol. The molecule has 0 radical (unpaired) electrons. The molecule has 150 valence electrons. The van der Waals surface area contributed by atoms with Crippen molar-refractivity contribution in [2.45, 2.75) is 32.2 Å². The molecule has 2 saturated heterocycles. The maximum atomic E-state index is 12.3. The zero-order valence-corrected chi connectivity index (χ0v) is 15.2. The zero-order valence-electron chi connectivity index (χ0n) is 15.2. The number of piperidine rings is 1. The summed E-state index contributed by atoms with van der Waals surface area (Å²) in [6, 6.07) is 6.01. The minimum atomic E-state index is -4.66. The van der Waals surface area contributed by atoms with Gasteiger partial charge in [0.2, 0.25) is 5.91 Å². The van der Waals surface area contributed by atoms with Crippen molar-refractivity contribution < 1.29 is 27.4 Å². The van der Waals surface area contributed by atoms with E-state index in [0.717, 1.165) is 31.5 Å². The van der Waals surface area contributed by atoms with Crippen molar-refractivity contribution in [3.8, 4) is 5.75 Å². The van der Waals surface area contributed by atoms with E-state index in [-0.39, 0.29) is 11.7 Å². The van der Waals surface area contributed by atoms with Crippen molar-refractivity contribution in [1.82, 2.24) is 9.80 Å². The molecule has 0 aliphatic carbocycles. The molecule has 2 fully saturated rings. The van der Waals surface area contributed by atoms with Gasteiger partial charge in [-0.15, -0.1) is 13.2 Å². The van der Waals surface area contributed by atoms with Crippen LogP contribution in [-0.2, 0) is 16.1 Å². The highest BCUT2D eigenvalue weighted by atomic mass is 19.4. The Kier molecular flexibility index (Phi) is 6.59. The zero-order chi connectivity index (χ0) is 19.3. The molecular weight excluding hydrogens is 361 g/mol. The molecule has 0 N–H and O–H groups in total. The molecule has 1 amide bonds. The Labute approximate surface area is 157 Å². The molecule has 8 heteroatoms. The molecule has 0 bridgehead atoms. The van der Waals surface area contributed by atoms with Crippen LogP contribution in [0.4, 0.5) is 13.2 Å². The van der Waals surface area contributed by atoms with E-state index in [1.54, 1.807) is 12.1 Å². The number of likely N-dealkylation sites (tertiary alicyclic amines) is 1. The molecule has 1 aromatic rings. The van der Waals surface area contributed by atoms with Crippen LogP contribution in [0.3, 0.4) is 0 Å². The van der Waals surface area contributed by atoms with E-state index in [0.29, 0.717) is 45.2 Å². The lowest BCUT2D eigenvalue weighted by molar-refractivity contribution is -0.274. The predicted octanol–water partition coefficient (Wildman–Crippen LogP) is 3.05. The quantitative estimate of drug-likeness (QED) is 0.780. The summed E-state index contributed by atoms with van der Waals surface area (Å²) in [5.41, 5.74) is 0.951. The Bertz CT molecular complexity index is 608. The van der Waals surface area contributed by atoms with E-state index in [4.69, 9.17) is 4.74 Å². The summed E-state index contributed by atoms with van der Waals surface area (Å²) in [7, 11) is 0. The van der Waals surface area contributed by atoms with Crippen molar-refractivity contribution >= 4 is 5.91 Å². The van der Waals surface area contributed by atoms with Gasteiger partial charge in [0.15, 0.2) is 0 Å². The first-order valence-corrected chi connectivity index (χ1v) is 9.31. The topological polar surface area (TPSA) is 42.0 Å². The highest BCUT2D eigenvalue weighted by Crippen LogP contribution is 2.25. The number of ether oxygens (including phenoxy) is 2. The highest BCUT2D eigenvalue weighted by molar-refractivity contribution is 5.76. The fraction of sp³-hybridized carbons (Fsp3) is 0.632. The van der Waals surface area contributed by atoms with Gasteiger partial charge in [0, 0.05) is 26.1 Å². The van der Waals surface area contributed by atoms with Crippen LogP contribution in [0.15, 0.2) is 24.3 Å². The van der Waals surface area contributed by atoms with Crippen molar-refractivity contribution in [3.63, 3.8) is 0 Å². The molecule has 1 aromatic carbocycles. The maximum Gasteiger partial charge on any atom is 0.573 e. The Morgan fingerprint density at radius 1 is 1.07 bits per heavy atom. The van der Waals surface area contributed by atoms with Crippen LogP contribution in [0, 0.1) is 5.92 Å². The van der Waals surface area contributed by atoms with E-state index < -0.39 is 6.36 Å². The van der Waals surface area contributed by atoms with E-state index in [9.17, 15) is 18.0 Å². The van der Waals surface area contributed by atoms with Gasteiger partial charge in [-0.2, -0.15) is 0 Å². The number of amides is 1. The van der Waals surface area contributed by atoms with Crippen LogP contribution in [0.1, 0.15) is 24.8 Å². The number of nitrogens with zero attached hydrogens (tertiary/aromatic N) is 2. The van der Waals surface area contributed by atoms with Gasteiger partial charge >= 0.3 is 6.36 Å². The van der Waals surface area contributed by atoms with Gasteiger partial charge in [0.1, 0.15) is 5.75 Å². The third-order valence-electron chi connectivity index (χ3n) is 5.10. The van der Waals surface area contributed by atoms with E-state index in [2.05, 4.69) is 9.64 Å². The van der Waals surface area contributed by atoms with Gasteiger partial charge in [-0.3, -0.25) is 9.69 Å². The van der Waals surface area contributed by atoms with Crippen LogP contribution < -0.4 is 4.74 Å². The van der Waals surface area contributed by atoms with Gasteiger partial charge < -0.3 is 14.4 Å². The molecule has 0 saturated carbocycles. The number of carbonyl (C=O) groups is 1. The molecule has 0 aromatic heterocycles. The second-order valence-corrected chi connectivity index (χ2v) is 7.11. The van der Waals surface area contributed by atoms with Crippen molar-refractivity contribution in [3.05, 3.63) is 29.8 Å². The molecule has 3 rings (SSSR count). The Morgan fingerprint density at radius 3 is 2.30 bits per heavy atom. The molecule has 5 nitrogen and oxygen atoms in total. The molecule has 2 aliphatic rings. The molecule has 2 aliphatic heterocycles. The largest absolute Gasteiger partial charge is 0.573 e. The van der Waals surface area contributed by atoms with Crippen LogP contribution >= 0.6 is 0 Å². The van der Waals surface area contributed by atoms with Crippen LogP contribution in [0.2, 0.25) is 0 Å². The Morgan fingerprint density at radius 2 is 1.70 bits per heavy atom. The average molecular weight is 386 g/mol. The lowest BCUT2D eigenvalue weighted by Gasteiger charge is -2.33. The molecule has 0 spiro atoms. The first-order valence-electron chi connectivity index (χ1n) is 9.31. The summed E-state index contributed by atoms with van der Waals surface area (Å²) >= 11 is 0. The summed E-state index contributed by atoms with van der Waals surface area (Å²) in [6.45, 7) is 5.09. The Hall–Kier alpha value is -1.80. The lowest BCUT2D eigenvalue weighted by Crippen LogP contribution is -2.42. The monoisotopic (exact) mass is 386 g/mol. The van der Waals surface area contributed by atoms with Gasteiger partial charge in [-0.25, -0.2) is 0 Å². The van der Waals surface area contributed by atoms with Crippen LogP contribution in [0.5, 0.6) is 5.75 Å². The summed E-state index contributed by atoms with van der Waals surface area (Å²) < 4.78 is 45.8. The van der Waals surface area contributed by atoms with Crippen LogP contribution in [0.25, 0.3) is 0 Å². The summed E-state index contributed by atoms with van der Waals surface area (Å²) in [5, 5.41) is 0. The Balaban J connectivity index is 1.40. The first-order chi connectivity index (χ1) is 12.9. The maximum absolute atomic E-state index is 12.3. The third kappa shape index (κ3) is 6.39. The SMILES string of the molecule is O=C(CC1CCN(Cc2ccc(OC(F)(F)F)cc2)CC1)N1CCOCC1. The standard InChI is InChI=1S/C19H25F3N2O3/c20-19(21,22)27-17-3-1-16(2-4-17)14-23-7-5-15(6-8-23)13-18(25)24-9-11-26-12-10-24/h1-4,15H,5-14H2. The van der Waals surface area contributed by atoms with Gasteiger partial charge in [-0.1, -0.05) is 12.1 Å². The number of benzene rings is 1. The van der Waals surface area contributed by atoms with E-state index in [1.165, 1.54) is 12.1 Å². The number of halogens is 3. The minimum absolute atomic E-state index is 0.202. The molecule has 0 atom stereocenters. The number of hydrogen-bond acceptors (Lipinski definition) is 4. The average Bonchev–Trinajstić information content (AvgIpc) is 2.64. The van der Waals surface area contributed by atoms with Crippen molar-refractivity contribution in [1.29, 1.82) is 0 Å². The number of hydrogen-bond donors (Lipinski definition) is 0. The summed E-state index contributed by atoms with van der Waals surface area (Å²) in [6.07, 6.45) is -2.14. The number of rotatable bonds is 5. The number of morpholine rings is 1. The van der Waals surface area contributed by atoms with Crippen molar-refractivity contribution in [2.75, 3.05) is 39.4 Å². The second kappa shape index (κ2) is 8.93. The molecule has 27 heavy (non-hydrogen) atoms. The van der Waals surface area contributed by atoms with Gasteiger partial charge in [-0.05, 0) is 49.5 Å². The highest BCUT2D eigenvalue weighted by Gasteiger charge is 2.31. The normalized spacial score (nSPS) is 19.9. The smallest absolute Gasteiger partial charge is 0.406 e. The fourth-order valence-electron chi connectivity index (χ4n) is 3.59. The number of carbonyl (C=O) groups excluding carboxylic acids is 1. The van der Waals surface area contributed by atoms with Crippen LogP contribution in [-0.4, -0.2) is 61.5 Å². The first kappa shape index (κ1) is 19.9. The third-order valence-corrected chi connectivity index (χ3v) is 5.10. The molecule has 2 heterocycles. The molecular formula is C19H25F3N2O3. The summed E-state index contributed by atoms with van der Waals surface area (Å²) in [4.78, 5) is 16.5.